The molecule has 2 aliphatic heterocycles. The summed E-state index contributed by atoms with van der Waals surface area (Å²) >= 11 is 0. The molecule has 2 atom stereocenters. The molecule has 9 nitrogen and oxygen atoms in total. The van der Waals surface area contributed by atoms with Gasteiger partial charge in [0.2, 0.25) is 5.91 Å². The molecule has 0 saturated carbocycles. The highest BCUT2D eigenvalue weighted by Crippen LogP contribution is 2.17. The average Bonchev–Trinajstić information content (AvgIpc) is 3.08. The molecule has 0 aromatic heterocycles. The van der Waals surface area contributed by atoms with Crippen molar-refractivity contribution in [2.24, 2.45) is 0 Å². The number of ether oxygens (including phenoxy) is 1. The second-order valence-corrected chi connectivity index (χ2v) is 8.87. The van der Waals surface area contributed by atoms with Gasteiger partial charge in [-0.25, -0.2) is 13.2 Å². The Morgan fingerprint density at radius 2 is 2.00 bits per heavy atom. The van der Waals surface area contributed by atoms with Gasteiger partial charge in [-0.3, -0.25) is 14.5 Å². The maximum atomic E-state index is 12.5. The summed E-state index contributed by atoms with van der Waals surface area (Å²) in [5.74, 6) is -0.313. The zero-order chi connectivity index (χ0) is 19.6. The van der Waals surface area contributed by atoms with Crippen LogP contribution in [-0.4, -0.2) is 61.9 Å². The van der Waals surface area contributed by atoms with Crippen molar-refractivity contribution in [1.82, 2.24) is 15.5 Å². The topological polar surface area (TPSA) is 122 Å². The molecule has 0 bridgehead atoms. The molecule has 2 unspecified atom stereocenters. The summed E-state index contributed by atoms with van der Waals surface area (Å²) in [6.07, 6.45) is 0.142. The summed E-state index contributed by atoms with van der Waals surface area (Å²) in [7, 11) is -1.56. The van der Waals surface area contributed by atoms with Gasteiger partial charge in [-0.05, 0) is 24.1 Å². The van der Waals surface area contributed by atoms with Gasteiger partial charge in [0.05, 0.1) is 31.6 Å². The van der Waals surface area contributed by atoms with Gasteiger partial charge in [0, 0.05) is 6.04 Å². The lowest BCUT2D eigenvalue weighted by atomic mass is 10.1. The Bertz CT molecular complexity index is 852. The van der Waals surface area contributed by atoms with E-state index in [1.54, 1.807) is 31.4 Å². The Balaban J connectivity index is 1.56. The van der Waals surface area contributed by atoms with Gasteiger partial charge in [0.25, 0.3) is 5.91 Å². The SMILES string of the molecule is COc1ccc(CN2C(=O)NC(CC(=O)NC3CCS(=O)(=O)C3)C2=O)cc1. The summed E-state index contributed by atoms with van der Waals surface area (Å²) in [6.45, 7) is 0.0909. The van der Waals surface area contributed by atoms with Crippen LogP contribution in [0.1, 0.15) is 18.4 Å². The van der Waals surface area contributed by atoms with Gasteiger partial charge >= 0.3 is 6.03 Å². The summed E-state index contributed by atoms with van der Waals surface area (Å²) in [5, 5.41) is 5.12. The van der Waals surface area contributed by atoms with E-state index in [1.807, 2.05) is 0 Å². The third-order valence-electron chi connectivity index (χ3n) is 4.59. The number of carbonyl (C=O) groups is 3. The molecule has 1 aromatic rings. The quantitative estimate of drug-likeness (QED) is 0.644. The van der Waals surface area contributed by atoms with E-state index in [9.17, 15) is 22.8 Å². The third-order valence-corrected chi connectivity index (χ3v) is 6.36. The van der Waals surface area contributed by atoms with E-state index in [0.29, 0.717) is 12.2 Å². The van der Waals surface area contributed by atoms with E-state index < -0.39 is 39.8 Å². The van der Waals surface area contributed by atoms with E-state index in [1.165, 1.54) is 0 Å². The van der Waals surface area contributed by atoms with E-state index >= 15 is 0 Å². The number of hydrogen-bond donors (Lipinski definition) is 2. The first kappa shape index (κ1) is 19.2. The smallest absolute Gasteiger partial charge is 0.325 e. The second kappa shape index (κ2) is 7.55. The number of amides is 4. The lowest BCUT2D eigenvalue weighted by Gasteiger charge is -2.14. The number of sulfone groups is 1. The third kappa shape index (κ3) is 4.57. The largest absolute Gasteiger partial charge is 0.497 e. The molecular formula is C17H21N3O6S. The Hall–Kier alpha value is -2.62. The maximum absolute atomic E-state index is 12.5. The van der Waals surface area contributed by atoms with Crippen LogP contribution < -0.4 is 15.4 Å². The number of nitrogens with zero attached hydrogens (tertiary/aromatic N) is 1. The highest BCUT2D eigenvalue weighted by molar-refractivity contribution is 7.91. The summed E-state index contributed by atoms with van der Waals surface area (Å²) in [5.41, 5.74) is 0.751. The molecule has 0 aliphatic carbocycles. The van der Waals surface area contributed by atoms with Crippen LogP contribution in [0.25, 0.3) is 0 Å². The van der Waals surface area contributed by atoms with Crippen LogP contribution in [0.2, 0.25) is 0 Å². The normalized spacial score (nSPS) is 24.0. The van der Waals surface area contributed by atoms with Crippen molar-refractivity contribution in [2.45, 2.75) is 31.5 Å². The van der Waals surface area contributed by atoms with Gasteiger partial charge in [0.1, 0.15) is 11.8 Å². The number of methoxy groups -OCH3 is 1. The minimum Gasteiger partial charge on any atom is -0.497 e. The van der Waals surface area contributed by atoms with Crippen molar-refractivity contribution in [2.75, 3.05) is 18.6 Å². The van der Waals surface area contributed by atoms with Gasteiger partial charge < -0.3 is 15.4 Å². The number of imide groups is 1. The fraction of sp³-hybridized carbons (Fsp3) is 0.471. The maximum Gasteiger partial charge on any atom is 0.325 e. The fourth-order valence-corrected chi connectivity index (χ4v) is 4.83. The Morgan fingerprint density at radius 3 is 2.59 bits per heavy atom. The molecule has 0 spiro atoms. The molecule has 4 amide bonds. The summed E-state index contributed by atoms with van der Waals surface area (Å²) in [4.78, 5) is 37.7. The second-order valence-electron chi connectivity index (χ2n) is 6.65. The minimum absolute atomic E-state index is 0.0483. The number of carbonyl (C=O) groups excluding carboxylic acids is 3. The number of urea groups is 1. The summed E-state index contributed by atoms with van der Waals surface area (Å²) in [6, 6.07) is 5.01. The first-order valence-corrected chi connectivity index (χ1v) is 10.3. The standard InChI is InChI=1S/C17H21N3O6S/c1-26-13-4-2-11(3-5-13)9-20-16(22)14(19-17(20)23)8-15(21)18-12-6-7-27(24,25)10-12/h2-5,12,14H,6-10H2,1H3,(H,18,21)(H,19,23). The molecule has 1 aromatic carbocycles. The van der Waals surface area contributed by atoms with Crippen LogP contribution >= 0.6 is 0 Å². The first-order valence-electron chi connectivity index (χ1n) is 8.52. The van der Waals surface area contributed by atoms with Crippen LogP contribution in [0, 0.1) is 0 Å². The fourth-order valence-electron chi connectivity index (χ4n) is 3.16. The van der Waals surface area contributed by atoms with E-state index in [0.717, 1.165) is 10.5 Å². The molecule has 10 heteroatoms. The predicted molar refractivity (Wildman–Crippen MR) is 95.7 cm³/mol. The van der Waals surface area contributed by atoms with Crippen molar-refractivity contribution in [3.05, 3.63) is 29.8 Å². The molecule has 2 N–H and O–H groups in total. The molecule has 2 heterocycles. The number of rotatable bonds is 6. The van der Waals surface area contributed by atoms with E-state index in [4.69, 9.17) is 4.74 Å². The van der Waals surface area contributed by atoms with Crippen molar-refractivity contribution >= 4 is 27.7 Å². The molecule has 0 radical (unpaired) electrons. The van der Waals surface area contributed by atoms with Gasteiger partial charge in [-0.1, -0.05) is 12.1 Å². The Kier molecular flexibility index (Phi) is 5.36. The predicted octanol–water partition coefficient (Wildman–Crippen LogP) is -0.191. The molecule has 3 rings (SSSR count). The molecule has 2 saturated heterocycles. The van der Waals surface area contributed by atoms with Crippen LogP contribution in [0.4, 0.5) is 4.79 Å². The highest BCUT2D eigenvalue weighted by atomic mass is 32.2. The first-order chi connectivity index (χ1) is 12.8. The van der Waals surface area contributed by atoms with Crippen molar-refractivity contribution < 1.29 is 27.5 Å². The monoisotopic (exact) mass is 395 g/mol. The minimum atomic E-state index is -3.10. The zero-order valence-corrected chi connectivity index (χ0v) is 15.6. The molecular weight excluding hydrogens is 374 g/mol. The Labute approximate surface area is 157 Å². The van der Waals surface area contributed by atoms with Gasteiger partial charge in [-0.15, -0.1) is 0 Å². The number of benzene rings is 1. The van der Waals surface area contributed by atoms with Crippen LogP contribution in [0.3, 0.4) is 0 Å². The van der Waals surface area contributed by atoms with E-state index in [2.05, 4.69) is 10.6 Å². The lowest BCUT2D eigenvalue weighted by molar-refractivity contribution is -0.131. The zero-order valence-electron chi connectivity index (χ0n) is 14.8. The van der Waals surface area contributed by atoms with Gasteiger partial charge in [0.15, 0.2) is 9.84 Å². The average molecular weight is 395 g/mol. The molecule has 2 fully saturated rings. The number of nitrogens with one attached hydrogen (secondary N) is 2. The highest BCUT2D eigenvalue weighted by Gasteiger charge is 2.39. The molecule has 146 valence electrons. The van der Waals surface area contributed by atoms with Crippen LogP contribution in [0.15, 0.2) is 24.3 Å². The Morgan fingerprint density at radius 1 is 1.30 bits per heavy atom. The lowest BCUT2D eigenvalue weighted by Crippen LogP contribution is -2.41. The molecule has 2 aliphatic rings. The van der Waals surface area contributed by atoms with Crippen molar-refractivity contribution in [3.63, 3.8) is 0 Å². The molecule has 27 heavy (non-hydrogen) atoms. The summed E-state index contributed by atoms with van der Waals surface area (Å²) < 4.78 is 28.0. The van der Waals surface area contributed by atoms with Crippen LogP contribution in [0.5, 0.6) is 5.75 Å². The van der Waals surface area contributed by atoms with Crippen LogP contribution in [-0.2, 0) is 26.0 Å². The number of hydrogen-bond acceptors (Lipinski definition) is 6. The van der Waals surface area contributed by atoms with Crippen molar-refractivity contribution in [1.29, 1.82) is 0 Å². The van der Waals surface area contributed by atoms with Crippen molar-refractivity contribution in [3.8, 4) is 5.75 Å². The van der Waals surface area contributed by atoms with E-state index in [-0.39, 0.29) is 24.5 Å². The van der Waals surface area contributed by atoms with Gasteiger partial charge in [-0.2, -0.15) is 0 Å².